The second-order valence-electron chi connectivity index (χ2n) is 4.10. The summed E-state index contributed by atoms with van der Waals surface area (Å²) in [7, 11) is 0. The molecule has 0 saturated carbocycles. The van der Waals surface area contributed by atoms with Crippen molar-refractivity contribution in [2.75, 3.05) is 6.61 Å². The molecule has 0 fully saturated rings. The number of rotatable bonds is 6. The Morgan fingerprint density at radius 3 is 2.72 bits per heavy atom. The van der Waals surface area contributed by atoms with Crippen LogP contribution in [-0.4, -0.2) is 21.4 Å². The predicted molar refractivity (Wildman–Crippen MR) is 73.3 cm³/mol. The van der Waals surface area contributed by atoms with Crippen LogP contribution >= 0.6 is 12.2 Å². The molecule has 0 amide bonds. The first-order chi connectivity index (χ1) is 8.79. The van der Waals surface area contributed by atoms with Gasteiger partial charge in [-0.1, -0.05) is 19.1 Å². The first-order valence-corrected chi connectivity index (χ1v) is 6.52. The molecule has 0 unspecified atom stereocenters. The van der Waals surface area contributed by atoms with Crippen LogP contribution in [0.4, 0.5) is 0 Å². The van der Waals surface area contributed by atoms with E-state index in [1.54, 1.807) is 6.33 Å². The Morgan fingerprint density at radius 1 is 1.33 bits per heavy atom. The van der Waals surface area contributed by atoms with Crippen molar-refractivity contribution < 1.29 is 4.74 Å². The van der Waals surface area contributed by atoms with E-state index in [-0.39, 0.29) is 0 Å². The van der Waals surface area contributed by atoms with Crippen molar-refractivity contribution >= 4 is 12.2 Å². The smallest absolute Gasteiger partial charge is 0.194 e. The van der Waals surface area contributed by atoms with Crippen LogP contribution in [0.1, 0.15) is 18.9 Å². The van der Waals surface area contributed by atoms with E-state index in [1.165, 1.54) is 5.56 Å². The molecule has 1 aromatic heterocycles. The monoisotopic (exact) mass is 263 g/mol. The van der Waals surface area contributed by atoms with Gasteiger partial charge in [-0.2, -0.15) is 5.10 Å². The highest BCUT2D eigenvalue weighted by atomic mass is 32.1. The molecule has 5 heteroatoms. The second-order valence-corrected chi connectivity index (χ2v) is 4.48. The summed E-state index contributed by atoms with van der Waals surface area (Å²) >= 11 is 5.09. The van der Waals surface area contributed by atoms with E-state index < -0.39 is 0 Å². The number of ether oxygens (including phenoxy) is 1. The Balaban J connectivity index is 1.90. The fourth-order valence-electron chi connectivity index (χ4n) is 1.65. The third kappa shape index (κ3) is 3.43. The van der Waals surface area contributed by atoms with Crippen molar-refractivity contribution in [1.82, 2.24) is 14.8 Å². The SMILES string of the molecule is CCCOc1ccc(CCn2cn[nH]c2=S)cc1. The molecular weight excluding hydrogens is 246 g/mol. The number of nitrogens with zero attached hydrogens (tertiary/aromatic N) is 2. The van der Waals surface area contributed by atoms with Gasteiger partial charge in [-0.15, -0.1) is 0 Å². The average Bonchev–Trinajstić information content (AvgIpc) is 2.81. The number of aromatic nitrogens is 3. The van der Waals surface area contributed by atoms with Gasteiger partial charge in [0, 0.05) is 6.54 Å². The maximum atomic E-state index is 5.54. The zero-order valence-corrected chi connectivity index (χ0v) is 11.2. The fraction of sp³-hybridized carbons (Fsp3) is 0.385. The van der Waals surface area contributed by atoms with Gasteiger partial charge in [0.15, 0.2) is 4.77 Å². The number of benzene rings is 1. The van der Waals surface area contributed by atoms with Gasteiger partial charge in [0.2, 0.25) is 0 Å². The van der Waals surface area contributed by atoms with Gasteiger partial charge in [0.05, 0.1) is 6.61 Å². The summed E-state index contributed by atoms with van der Waals surface area (Å²) in [5.74, 6) is 0.931. The minimum absolute atomic E-state index is 0.665. The summed E-state index contributed by atoms with van der Waals surface area (Å²) in [6.45, 7) is 3.71. The molecule has 2 rings (SSSR count). The van der Waals surface area contributed by atoms with Crippen LogP contribution in [0.15, 0.2) is 30.6 Å². The normalized spacial score (nSPS) is 10.5. The lowest BCUT2D eigenvalue weighted by molar-refractivity contribution is 0.317. The first-order valence-electron chi connectivity index (χ1n) is 6.11. The van der Waals surface area contributed by atoms with Crippen LogP contribution in [-0.2, 0) is 13.0 Å². The second kappa shape index (κ2) is 6.35. The van der Waals surface area contributed by atoms with Crippen molar-refractivity contribution in [3.63, 3.8) is 0 Å². The number of aromatic amines is 1. The molecule has 0 saturated heterocycles. The minimum atomic E-state index is 0.665. The van der Waals surface area contributed by atoms with Gasteiger partial charge >= 0.3 is 0 Å². The van der Waals surface area contributed by atoms with Crippen molar-refractivity contribution in [3.05, 3.63) is 40.9 Å². The summed E-state index contributed by atoms with van der Waals surface area (Å²) in [5, 5.41) is 6.64. The molecule has 0 aliphatic carbocycles. The zero-order chi connectivity index (χ0) is 12.8. The highest BCUT2D eigenvalue weighted by Gasteiger charge is 1.98. The van der Waals surface area contributed by atoms with E-state index in [0.717, 1.165) is 31.7 Å². The largest absolute Gasteiger partial charge is 0.494 e. The third-order valence-electron chi connectivity index (χ3n) is 2.66. The Hall–Kier alpha value is -1.62. The van der Waals surface area contributed by atoms with E-state index in [4.69, 9.17) is 17.0 Å². The number of aryl methyl sites for hydroxylation is 2. The van der Waals surface area contributed by atoms with Gasteiger partial charge < -0.3 is 9.30 Å². The Morgan fingerprint density at radius 2 is 2.11 bits per heavy atom. The summed E-state index contributed by atoms with van der Waals surface area (Å²) in [4.78, 5) is 0. The van der Waals surface area contributed by atoms with Crippen molar-refractivity contribution in [3.8, 4) is 5.75 Å². The molecule has 2 aromatic rings. The lowest BCUT2D eigenvalue weighted by Crippen LogP contribution is -2.00. The van der Waals surface area contributed by atoms with Crippen LogP contribution in [0.3, 0.4) is 0 Å². The van der Waals surface area contributed by atoms with Crippen molar-refractivity contribution in [2.45, 2.75) is 26.3 Å². The van der Waals surface area contributed by atoms with Crippen LogP contribution in [0, 0.1) is 4.77 Å². The molecule has 1 N–H and O–H groups in total. The molecule has 0 spiro atoms. The predicted octanol–water partition coefficient (Wildman–Crippen LogP) is 2.97. The highest BCUT2D eigenvalue weighted by molar-refractivity contribution is 7.71. The van der Waals surface area contributed by atoms with E-state index in [9.17, 15) is 0 Å². The van der Waals surface area contributed by atoms with Gasteiger partial charge in [-0.3, -0.25) is 5.10 Å². The third-order valence-corrected chi connectivity index (χ3v) is 2.98. The maximum absolute atomic E-state index is 5.54. The lowest BCUT2D eigenvalue weighted by atomic mass is 10.1. The summed E-state index contributed by atoms with van der Waals surface area (Å²) in [5.41, 5.74) is 1.27. The molecule has 0 bridgehead atoms. The Labute approximate surface area is 112 Å². The molecule has 0 radical (unpaired) electrons. The van der Waals surface area contributed by atoms with Crippen LogP contribution in [0.5, 0.6) is 5.75 Å². The summed E-state index contributed by atoms with van der Waals surface area (Å²) in [6.07, 6.45) is 3.68. The molecule has 96 valence electrons. The van der Waals surface area contributed by atoms with Gasteiger partial charge in [-0.25, -0.2) is 0 Å². The quantitative estimate of drug-likeness (QED) is 0.815. The van der Waals surface area contributed by atoms with Gasteiger partial charge in [0.1, 0.15) is 12.1 Å². The van der Waals surface area contributed by atoms with E-state index >= 15 is 0 Å². The van der Waals surface area contributed by atoms with Crippen LogP contribution in [0.25, 0.3) is 0 Å². The summed E-state index contributed by atoms with van der Waals surface area (Å²) in [6, 6.07) is 8.21. The molecule has 1 heterocycles. The molecular formula is C13H17N3OS. The number of nitrogens with one attached hydrogen (secondary N) is 1. The lowest BCUT2D eigenvalue weighted by Gasteiger charge is -2.06. The number of hydrogen-bond donors (Lipinski definition) is 1. The molecule has 18 heavy (non-hydrogen) atoms. The molecule has 0 atom stereocenters. The fourth-order valence-corrected chi connectivity index (χ4v) is 1.84. The van der Waals surface area contributed by atoms with Crippen LogP contribution in [0.2, 0.25) is 0 Å². The Kier molecular flexibility index (Phi) is 4.52. The number of hydrogen-bond acceptors (Lipinski definition) is 3. The van der Waals surface area contributed by atoms with Crippen molar-refractivity contribution in [1.29, 1.82) is 0 Å². The van der Waals surface area contributed by atoms with E-state index in [0.29, 0.717) is 4.77 Å². The molecule has 1 aromatic carbocycles. The van der Waals surface area contributed by atoms with E-state index in [1.807, 2.05) is 16.7 Å². The molecule has 4 nitrogen and oxygen atoms in total. The Bertz CT molecular complexity index is 530. The summed E-state index contributed by atoms with van der Waals surface area (Å²) < 4.78 is 8.13. The molecule has 0 aliphatic rings. The van der Waals surface area contributed by atoms with Gasteiger partial charge in [-0.05, 0) is 42.8 Å². The van der Waals surface area contributed by atoms with E-state index in [2.05, 4.69) is 29.3 Å². The zero-order valence-electron chi connectivity index (χ0n) is 10.4. The standard InChI is InChI=1S/C13H17N3OS/c1-2-9-17-12-5-3-11(4-6-12)7-8-16-10-14-15-13(16)18/h3-6,10H,2,7-9H2,1H3,(H,15,18). The highest BCUT2D eigenvalue weighted by Crippen LogP contribution is 2.13. The van der Waals surface area contributed by atoms with Gasteiger partial charge in [0.25, 0.3) is 0 Å². The maximum Gasteiger partial charge on any atom is 0.194 e. The van der Waals surface area contributed by atoms with Crippen molar-refractivity contribution in [2.24, 2.45) is 0 Å². The van der Waals surface area contributed by atoms with Crippen LogP contribution < -0.4 is 4.74 Å². The number of H-pyrrole nitrogens is 1. The average molecular weight is 263 g/mol. The minimum Gasteiger partial charge on any atom is -0.494 e. The first kappa shape index (κ1) is 12.8. The molecule has 0 aliphatic heterocycles. The topological polar surface area (TPSA) is 42.8 Å².